The van der Waals surface area contributed by atoms with Crippen LogP contribution in [0.5, 0.6) is 0 Å². The third-order valence-corrected chi connectivity index (χ3v) is 3.72. The first-order chi connectivity index (χ1) is 5.45. The van der Waals surface area contributed by atoms with Crippen molar-refractivity contribution in [1.82, 2.24) is 0 Å². The second kappa shape index (κ2) is 5.11. The molecule has 0 aromatic rings. The molecule has 74 valence electrons. The summed E-state index contributed by atoms with van der Waals surface area (Å²) < 4.78 is 0. The normalized spacial score (nSPS) is 21.5. The standard InChI is InChI=1S/C11H23Cl/c1-6-8-11(5,12)10(4)9(3)7-2/h9-10H,6-8H2,1-5H3. The summed E-state index contributed by atoms with van der Waals surface area (Å²) in [5.41, 5.74) is 0. The Morgan fingerprint density at radius 2 is 1.75 bits per heavy atom. The SMILES string of the molecule is CCCC(C)(Cl)C(C)C(C)CC. The summed E-state index contributed by atoms with van der Waals surface area (Å²) in [5, 5.41) is 0. The van der Waals surface area contributed by atoms with Crippen molar-refractivity contribution in [2.75, 3.05) is 0 Å². The fourth-order valence-electron chi connectivity index (χ4n) is 1.66. The van der Waals surface area contributed by atoms with Gasteiger partial charge in [0.25, 0.3) is 0 Å². The van der Waals surface area contributed by atoms with Crippen LogP contribution in [0.15, 0.2) is 0 Å². The predicted molar refractivity (Wildman–Crippen MR) is 57.8 cm³/mol. The van der Waals surface area contributed by atoms with Gasteiger partial charge in [-0.3, -0.25) is 0 Å². The number of alkyl halides is 1. The van der Waals surface area contributed by atoms with Crippen molar-refractivity contribution < 1.29 is 0 Å². The van der Waals surface area contributed by atoms with Gasteiger partial charge >= 0.3 is 0 Å². The molecule has 0 saturated heterocycles. The molecular formula is C11H23Cl. The van der Waals surface area contributed by atoms with Gasteiger partial charge in [-0.25, -0.2) is 0 Å². The molecule has 3 atom stereocenters. The summed E-state index contributed by atoms with van der Waals surface area (Å²) in [5.74, 6) is 1.35. The summed E-state index contributed by atoms with van der Waals surface area (Å²) in [6.07, 6.45) is 3.54. The molecule has 0 saturated carbocycles. The van der Waals surface area contributed by atoms with Gasteiger partial charge < -0.3 is 0 Å². The van der Waals surface area contributed by atoms with Crippen molar-refractivity contribution in [3.05, 3.63) is 0 Å². The number of halogens is 1. The van der Waals surface area contributed by atoms with Gasteiger partial charge in [-0.2, -0.15) is 0 Å². The smallest absolute Gasteiger partial charge is 0.0446 e. The fourth-order valence-corrected chi connectivity index (χ4v) is 2.07. The van der Waals surface area contributed by atoms with Crippen LogP contribution >= 0.6 is 11.6 Å². The molecule has 0 heterocycles. The van der Waals surface area contributed by atoms with Crippen molar-refractivity contribution in [3.8, 4) is 0 Å². The van der Waals surface area contributed by atoms with E-state index >= 15 is 0 Å². The molecule has 3 unspecified atom stereocenters. The van der Waals surface area contributed by atoms with Gasteiger partial charge in [-0.15, -0.1) is 11.6 Å². The lowest BCUT2D eigenvalue weighted by molar-refractivity contribution is 0.283. The Kier molecular flexibility index (Phi) is 5.24. The summed E-state index contributed by atoms with van der Waals surface area (Å²) in [6.45, 7) is 11.2. The molecule has 0 amide bonds. The highest BCUT2D eigenvalue weighted by Gasteiger charge is 2.30. The van der Waals surface area contributed by atoms with Crippen LogP contribution in [-0.4, -0.2) is 4.87 Å². The molecule has 0 radical (unpaired) electrons. The fraction of sp³-hybridized carbons (Fsp3) is 1.00. The van der Waals surface area contributed by atoms with Gasteiger partial charge in [0.05, 0.1) is 0 Å². The molecule has 0 nitrogen and oxygen atoms in total. The molecule has 0 rings (SSSR count). The lowest BCUT2D eigenvalue weighted by Crippen LogP contribution is -2.30. The highest BCUT2D eigenvalue weighted by molar-refractivity contribution is 6.23. The molecule has 0 aromatic carbocycles. The van der Waals surface area contributed by atoms with Crippen LogP contribution in [0.3, 0.4) is 0 Å². The van der Waals surface area contributed by atoms with E-state index in [2.05, 4.69) is 34.6 Å². The Morgan fingerprint density at radius 3 is 2.08 bits per heavy atom. The first kappa shape index (κ1) is 12.3. The molecular weight excluding hydrogens is 168 g/mol. The molecule has 0 aliphatic heterocycles. The topological polar surface area (TPSA) is 0 Å². The van der Waals surface area contributed by atoms with E-state index < -0.39 is 0 Å². The Labute approximate surface area is 82.7 Å². The van der Waals surface area contributed by atoms with E-state index in [0.29, 0.717) is 5.92 Å². The molecule has 0 fully saturated rings. The Morgan fingerprint density at radius 1 is 1.25 bits per heavy atom. The van der Waals surface area contributed by atoms with E-state index in [4.69, 9.17) is 11.6 Å². The molecule has 12 heavy (non-hydrogen) atoms. The second-order valence-electron chi connectivity index (χ2n) is 4.20. The predicted octanol–water partition coefficient (Wildman–Crippen LogP) is 4.47. The number of hydrogen-bond donors (Lipinski definition) is 0. The van der Waals surface area contributed by atoms with Crippen molar-refractivity contribution in [1.29, 1.82) is 0 Å². The monoisotopic (exact) mass is 190 g/mol. The zero-order chi connectivity index (χ0) is 9.78. The van der Waals surface area contributed by atoms with Gasteiger partial charge in [-0.05, 0) is 25.2 Å². The molecule has 1 heteroatoms. The van der Waals surface area contributed by atoms with E-state index in [1.54, 1.807) is 0 Å². The maximum Gasteiger partial charge on any atom is 0.0446 e. The van der Waals surface area contributed by atoms with Gasteiger partial charge in [0.1, 0.15) is 0 Å². The van der Waals surface area contributed by atoms with Crippen molar-refractivity contribution in [2.45, 2.75) is 58.8 Å². The second-order valence-corrected chi connectivity index (χ2v) is 5.07. The molecule has 0 spiro atoms. The largest absolute Gasteiger partial charge is 0.119 e. The van der Waals surface area contributed by atoms with E-state index in [1.807, 2.05) is 0 Å². The minimum atomic E-state index is 0.00414. The summed E-state index contributed by atoms with van der Waals surface area (Å²) in [6, 6.07) is 0. The molecule has 0 aliphatic carbocycles. The zero-order valence-electron chi connectivity index (χ0n) is 9.15. The van der Waals surface area contributed by atoms with Crippen LogP contribution in [0.4, 0.5) is 0 Å². The third-order valence-electron chi connectivity index (χ3n) is 3.19. The lowest BCUT2D eigenvalue weighted by atomic mass is 9.81. The summed E-state index contributed by atoms with van der Waals surface area (Å²) >= 11 is 6.46. The van der Waals surface area contributed by atoms with E-state index in [1.165, 1.54) is 12.8 Å². The van der Waals surface area contributed by atoms with Crippen LogP contribution in [0.1, 0.15) is 53.9 Å². The Bertz CT molecular complexity index is 118. The van der Waals surface area contributed by atoms with Crippen LogP contribution in [0.25, 0.3) is 0 Å². The van der Waals surface area contributed by atoms with Crippen molar-refractivity contribution in [3.63, 3.8) is 0 Å². The first-order valence-corrected chi connectivity index (χ1v) is 5.52. The molecule has 0 aromatic heterocycles. The third kappa shape index (κ3) is 3.35. The Balaban J connectivity index is 4.13. The van der Waals surface area contributed by atoms with E-state index in [0.717, 1.165) is 12.3 Å². The van der Waals surface area contributed by atoms with E-state index in [9.17, 15) is 0 Å². The summed E-state index contributed by atoms with van der Waals surface area (Å²) in [4.78, 5) is 0.00414. The quantitative estimate of drug-likeness (QED) is 0.562. The van der Waals surface area contributed by atoms with Crippen molar-refractivity contribution >= 4 is 11.6 Å². The maximum atomic E-state index is 6.46. The van der Waals surface area contributed by atoms with Gasteiger partial charge in [0.15, 0.2) is 0 Å². The van der Waals surface area contributed by atoms with Crippen LogP contribution in [0, 0.1) is 11.8 Å². The Hall–Kier alpha value is 0.290. The van der Waals surface area contributed by atoms with Crippen molar-refractivity contribution in [2.24, 2.45) is 11.8 Å². The average molecular weight is 191 g/mol. The molecule has 0 N–H and O–H groups in total. The van der Waals surface area contributed by atoms with Crippen LogP contribution in [0.2, 0.25) is 0 Å². The first-order valence-electron chi connectivity index (χ1n) is 5.14. The van der Waals surface area contributed by atoms with Gasteiger partial charge in [0.2, 0.25) is 0 Å². The van der Waals surface area contributed by atoms with Gasteiger partial charge in [-0.1, -0.05) is 40.5 Å². The zero-order valence-corrected chi connectivity index (χ0v) is 9.91. The summed E-state index contributed by atoms with van der Waals surface area (Å²) in [7, 11) is 0. The maximum absolute atomic E-state index is 6.46. The van der Waals surface area contributed by atoms with Gasteiger partial charge in [0, 0.05) is 4.87 Å². The average Bonchev–Trinajstić information content (AvgIpc) is 2.01. The highest BCUT2D eigenvalue weighted by Crippen LogP contribution is 2.35. The highest BCUT2D eigenvalue weighted by atomic mass is 35.5. The molecule has 0 aliphatic rings. The minimum absolute atomic E-state index is 0.00414. The lowest BCUT2D eigenvalue weighted by Gasteiger charge is -2.33. The van der Waals surface area contributed by atoms with E-state index in [-0.39, 0.29) is 4.87 Å². The number of rotatable bonds is 5. The minimum Gasteiger partial charge on any atom is -0.119 e. The van der Waals surface area contributed by atoms with Crippen LogP contribution < -0.4 is 0 Å². The molecule has 0 bridgehead atoms. The van der Waals surface area contributed by atoms with Crippen LogP contribution in [-0.2, 0) is 0 Å². The number of hydrogen-bond acceptors (Lipinski definition) is 0.